The highest BCUT2D eigenvalue weighted by molar-refractivity contribution is 5.96. The van der Waals surface area contributed by atoms with Crippen LogP contribution in [-0.4, -0.2) is 69.3 Å². The molecule has 0 aliphatic carbocycles. The molecule has 1 unspecified atom stereocenters. The van der Waals surface area contributed by atoms with Crippen molar-refractivity contribution in [3.8, 4) is 11.5 Å². The van der Waals surface area contributed by atoms with Gasteiger partial charge in [0, 0.05) is 29.6 Å². The van der Waals surface area contributed by atoms with Crippen molar-refractivity contribution in [3.63, 3.8) is 0 Å². The Hall–Kier alpha value is -3.94. The van der Waals surface area contributed by atoms with Crippen molar-refractivity contribution < 1.29 is 31.3 Å². The first-order chi connectivity index (χ1) is 19.4. The summed E-state index contributed by atoms with van der Waals surface area (Å²) < 4.78 is 68.5. The third kappa shape index (κ3) is 5.92. The Labute approximate surface area is 233 Å². The molecule has 0 spiro atoms. The summed E-state index contributed by atoms with van der Waals surface area (Å²) in [5.41, 5.74) is 0.175. The van der Waals surface area contributed by atoms with Gasteiger partial charge in [0.15, 0.2) is 0 Å². The second kappa shape index (κ2) is 11.1. The average molecular weight is 578 g/mol. The molecular weight excluding hydrogens is 546 g/mol. The second-order valence-electron chi connectivity index (χ2n) is 11.1. The minimum atomic E-state index is -3.34. The van der Waals surface area contributed by atoms with Gasteiger partial charge in [-0.1, -0.05) is 32.0 Å². The Morgan fingerprint density at radius 3 is 2.71 bits per heavy atom. The Morgan fingerprint density at radius 1 is 1.24 bits per heavy atom. The SMILES string of the molecule is CN1CC[C@@H](Nc2cccc3c2cc(-c2noc(CNC(=O)c4cnc(C(C)(C)C)o4)n2)n3C(F)C(F)F)[C@@H](F)C1. The molecule has 14 heteroatoms. The number of aromatic nitrogens is 4. The van der Waals surface area contributed by atoms with Crippen LogP contribution in [0.3, 0.4) is 0 Å². The number of halogens is 4. The molecule has 1 fully saturated rings. The van der Waals surface area contributed by atoms with E-state index in [0.717, 1.165) is 4.57 Å². The number of rotatable bonds is 8. The summed E-state index contributed by atoms with van der Waals surface area (Å²) in [6.07, 6.45) is -5.35. The van der Waals surface area contributed by atoms with Crippen LogP contribution >= 0.6 is 0 Å². The largest absolute Gasteiger partial charge is 0.435 e. The molecule has 1 aromatic carbocycles. The quantitative estimate of drug-likeness (QED) is 0.278. The fraction of sp³-hybridized carbons (Fsp3) is 0.481. The Bertz CT molecular complexity index is 1530. The van der Waals surface area contributed by atoms with Gasteiger partial charge in [-0.2, -0.15) is 4.98 Å². The van der Waals surface area contributed by atoms with Gasteiger partial charge < -0.3 is 29.0 Å². The molecule has 1 saturated heterocycles. The summed E-state index contributed by atoms with van der Waals surface area (Å²) in [4.78, 5) is 22.7. The number of oxazole rings is 1. The molecule has 41 heavy (non-hydrogen) atoms. The van der Waals surface area contributed by atoms with E-state index in [-0.39, 0.29) is 47.2 Å². The normalized spacial score (nSPS) is 19.1. The number of amides is 1. The number of anilines is 1. The topological polar surface area (TPSA) is 114 Å². The zero-order chi connectivity index (χ0) is 29.5. The lowest BCUT2D eigenvalue weighted by Crippen LogP contribution is -2.46. The van der Waals surface area contributed by atoms with Gasteiger partial charge in [0.1, 0.15) is 6.17 Å². The maximum Gasteiger partial charge on any atom is 0.289 e. The zero-order valence-corrected chi connectivity index (χ0v) is 23.0. The third-order valence-corrected chi connectivity index (χ3v) is 6.89. The summed E-state index contributed by atoms with van der Waals surface area (Å²) in [5, 5.41) is 9.98. The smallest absolute Gasteiger partial charge is 0.289 e. The van der Waals surface area contributed by atoms with Crippen LogP contribution in [0, 0.1) is 0 Å². The van der Waals surface area contributed by atoms with Crippen LogP contribution in [0.1, 0.15) is 55.8 Å². The molecule has 1 aliphatic heterocycles. The first kappa shape index (κ1) is 28.6. The Morgan fingerprint density at radius 2 is 2.02 bits per heavy atom. The number of hydrogen-bond donors (Lipinski definition) is 2. The number of piperidine rings is 1. The molecule has 3 atom stereocenters. The number of hydrogen-bond acceptors (Lipinski definition) is 8. The van der Waals surface area contributed by atoms with E-state index >= 15 is 0 Å². The number of nitrogens with zero attached hydrogens (tertiary/aromatic N) is 5. The number of alkyl halides is 4. The van der Waals surface area contributed by atoms with Gasteiger partial charge in [-0.3, -0.25) is 4.79 Å². The van der Waals surface area contributed by atoms with Gasteiger partial charge in [0.05, 0.1) is 30.0 Å². The van der Waals surface area contributed by atoms with Gasteiger partial charge in [0.2, 0.25) is 29.7 Å². The van der Waals surface area contributed by atoms with Crippen LogP contribution in [0.25, 0.3) is 22.4 Å². The zero-order valence-electron chi connectivity index (χ0n) is 23.0. The molecule has 10 nitrogen and oxygen atoms in total. The molecule has 4 aromatic rings. The average Bonchev–Trinajstić information content (AvgIpc) is 3.66. The molecule has 5 rings (SSSR count). The first-order valence-corrected chi connectivity index (χ1v) is 13.1. The van der Waals surface area contributed by atoms with Crippen molar-refractivity contribution in [1.82, 2.24) is 29.9 Å². The molecule has 4 heterocycles. The monoisotopic (exact) mass is 577 g/mol. The van der Waals surface area contributed by atoms with Crippen molar-refractivity contribution in [3.05, 3.63) is 48.0 Å². The van der Waals surface area contributed by atoms with E-state index in [0.29, 0.717) is 29.9 Å². The van der Waals surface area contributed by atoms with Crippen LogP contribution in [0.4, 0.5) is 23.2 Å². The first-order valence-electron chi connectivity index (χ1n) is 13.1. The molecule has 0 saturated carbocycles. The van der Waals surface area contributed by atoms with Gasteiger partial charge in [-0.25, -0.2) is 22.5 Å². The predicted octanol–water partition coefficient (Wildman–Crippen LogP) is 5.09. The highest BCUT2D eigenvalue weighted by Gasteiger charge is 2.31. The molecule has 3 aromatic heterocycles. The van der Waals surface area contributed by atoms with Gasteiger partial charge in [0.25, 0.3) is 12.3 Å². The second-order valence-corrected chi connectivity index (χ2v) is 11.1. The molecule has 2 N–H and O–H groups in total. The van der Waals surface area contributed by atoms with Crippen molar-refractivity contribution in [2.45, 2.75) is 64.1 Å². The fourth-order valence-corrected chi connectivity index (χ4v) is 4.75. The molecule has 0 radical (unpaired) electrons. The predicted molar refractivity (Wildman–Crippen MR) is 142 cm³/mol. The van der Waals surface area contributed by atoms with Crippen molar-refractivity contribution in [1.29, 1.82) is 0 Å². The Balaban J connectivity index is 1.41. The van der Waals surface area contributed by atoms with Crippen LogP contribution in [0.2, 0.25) is 0 Å². The van der Waals surface area contributed by atoms with Crippen LogP contribution in [-0.2, 0) is 12.0 Å². The fourth-order valence-electron chi connectivity index (χ4n) is 4.75. The van der Waals surface area contributed by atoms with E-state index in [1.165, 1.54) is 18.3 Å². The molecule has 220 valence electrons. The summed E-state index contributed by atoms with van der Waals surface area (Å²) in [5.74, 6) is -0.386. The van der Waals surface area contributed by atoms with Gasteiger partial charge in [-0.15, -0.1) is 0 Å². The number of likely N-dealkylation sites (tertiary alicyclic amines) is 1. The van der Waals surface area contributed by atoms with E-state index in [1.54, 1.807) is 12.1 Å². The number of fused-ring (bicyclic) bond motifs is 1. The number of nitrogens with one attached hydrogen (secondary N) is 2. The van der Waals surface area contributed by atoms with E-state index in [2.05, 4.69) is 25.8 Å². The minimum Gasteiger partial charge on any atom is -0.435 e. The van der Waals surface area contributed by atoms with E-state index in [9.17, 15) is 22.4 Å². The van der Waals surface area contributed by atoms with E-state index < -0.39 is 30.8 Å². The van der Waals surface area contributed by atoms with Crippen molar-refractivity contribution >= 4 is 22.5 Å². The highest BCUT2D eigenvalue weighted by Crippen LogP contribution is 2.37. The molecule has 0 bridgehead atoms. The standard InChI is InChI=1S/C27H31F4N7O3/c1-27(2,3)26-33-11-20(40-26)25(39)32-12-21-35-24(36-41-21)19-10-14-16(34-17-8-9-37(4)13-15(17)28)6-5-7-18(14)38(19)23(31)22(29)30/h5-7,10-11,15,17,22-23,34H,8-9,12-13H2,1-4H3,(H,32,39)/t15-,17+,23?/m0/s1. The number of carbonyl (C=O) groups excluding carboxylic acids is 1. The number of carbonyl (C=O) groups is 1. The lowest BCUT2D eigenvalue weighted by Gasteiger charge is -2.33. The van der Waals surface area contributed by atoms with E-state index in [1.807, 2.05) is 32.7 Å². The lowest BCUT2D eigenvalue weighted by atomic mass is 9.97. The minimum absolute atomic E-state index is 0.00727. The summed E-state index contributed by atoms with van der Waals surface area (Å²) in [6, 6.07) is 5.72. The Kier molecular flexibility index (Phi) is 7.77. The van der Waals surface area contributed by atoms with Gasteiger partial charge >= 0.3 is 0 Å². The van der Waals surface area contributed by atoms with Crippen molar-refractivity contribution in [2.24, 2.45) is 0 Å². The van der Waals surface area contributed by atoms with Crippen molar-refractivity contribution in [2.75, 3.05) is 25.5 Å². The maximum absolute atomic E-state index is 15.0. The third-order valence-electron chi connectivity index (χ3n) is 6.89. The maximum atomic E-state index is 15.0. The summed E-state index contributed by atoms with van der Waals surface area (Å²) in [6.45, 7) is 6.42. The number of benzene rings is 1. The molecule has 1 amide bonds. The molecule has 1 aliphatic rings. The lowest BCUT2D eigenvalue weighted by molar-refractivity contribution is 0.0114. The summed E-state index contributed by atoms with van der Waals surface area (Å²) in [7, 11) is 1.84. The highest BCUT2D eigenvalue weighted by atomic mass is 19.3. The molecular formula is C27H31F4N7O3. The van der Waals surface area contributed by atoms with E-state index in [4.69, 9.17) is 8.94 Å². The van der Waals surface area contributed by atoms with Crippen LogP contribution in [0.15, 0.2) is 39.4 Å². The van der Waals surface area contributed by atoms with Crippen LogP contribution in [0.5, 0.6) is 0 Å². The van der Waals surface area contributed by atoms with Crippen LogP contribution < -0.4 is 10.6 Å². The summed E-state index contributed by atoms with van der Waals surface area (Å²) >= 11 is 0. The van der Waals surface area contributed by atoms with Gasteiger partial charge in [-0.05, 0) is 31.7 Å².